The molecule has 4 atom stereocenters. The van der Waals surface area contributed by atoms with Crippen LogP contribution in [0, 0.1) is 24.2 Å². The topological polar surface area (TPSA) is 23.5 Å². The zero-order chi connectivity index (χ0) is 8.55. The van der Waals surface area contributed by atoms with Gasteiger partial charge in [0.25, 0.3) is 0 Å². The van der Waals surface area contributed by atoms with E-state index in [-0.39, 0.29) is 0 Å². The van der Waals surface area contributed by atoms with Gasteiger partial charge in [0.1, 0.15) is 0 Å². The normalized spacial score (nSPS) is 45.7. The number of aliphatic hydroxyl groups is 1. The number of nitrogens with zero attached hydrogens (tertiary/aromatic N) is 1. The Bertz CT molecular complexity index is 208. The van der Waals surface area contributed by atoms with E-state index in [0.29, 0.717) is 24.5 Å². The molecule has 3 aliphatic heterocycles. The second-order valence-corrected chi connectivity index (χ2v) is 3.89. The summed E-state index contributed by atoms with van der Waals surface area (Å²) in [7, 11) is 0. The maximum absolute atomic E-state index is 9.08. The quantitative estimate of drug-likeness (QED) is 0.566. The molecule has 0 aromatic carbocycles. The highest BCUT2D eigenvalue weighted by atomic mass is 16.3. The van der Waals surface area contributed by atoms with Crippen LogP contribution in [0.2, 0.25) is 0 Å². The Morgan fingerprint density at radius 1 is 1.58 bits per heavy atom. The van der Waals surface area contributed by atoms with Gasteiger partial charge in [-0.25, -0.2) is 0 Å². The third-order valence-corrected chi connectivity index (χ3v) is 3.30. The Hall–Kier alpha value is -0.520. The lowest BCUT2D eigenvalue weighted by Gasteiger charge is -2.47. The average Bonchev–Trinajstić information content (AvgIpc) is 2.18. The number of hydrogen-bond acceptors (Lipinski definition) is 2. The van der Waals surface area contributed by atoms with E-state index in [1.165, 1.54) is 6.42 Å². The van der Waals surface area contributed by atoms with Gasteiger partial charge in [0.2, 0.25) is 0 Å². The molecule has 1 N–H and O–H groups in total. The lowest BCUT2D eigenvalue weighted by atomic mass is 9.76. The Morgan fingerprint density at radius 2 is 2.42 bits per heavy atom. The van der Waals surface area contributed by atoms with Crippen molar-refractivity contribution in [1.82, 2.24) is 4.90 Å². The van der Waals surface area contributed by atoms with Gasteiger partial charge in [0, 0.05) is 18.5 Å². The van der Waals surface area contributed by atoms with Gasteiger partial charge in [-0.05, 0) is 25.3 Å². The fourth-order valence-corrected chi connectivity index (χ4v) is 2.52. The summed E-state index contributed by atoms with van der Waals surface area (Å²) in [6, 6.07) is 0.397. The molecule has 0 amide bonds. The zero-order valence-electron chi connectivity index (χ0n) is 7.24. The van der Waals surface area contributed by atoms with E-state index < -0.39 is 0 Å². The highest BCUT2D eigenvalue weighted by molar-refractivity contribution is 5.05. The van der Waals surface area contributed by atoms with Crippen LogP contribution in [0.1, 0.15) is 12.8 Å². The first-order chi connectivity index (χ1) is 5.85. The van der Waals surface area contributed by atoms with Crippen LogP contribution < -0.4 is 0 Å². The maximum atomic E-state index is 9.08. The molecule has 0 saturated carbocycles. The van der Waals surface area contributed by atoms with Gasteiger partial charge < -0.3 is 5.11 Å². The highest BCUT2D eigenvalue weighted by Crippen LogP contribution is 2.35. The first-order valence-corrected chi connectivity index (χ1v) is 4.66. The Labute approximate surface area is 73.6 Å². The van der Waals surface area contributed by atoms with Gasteiger partial charge in [-0.3, -0.25) is 4.90 Å². The summed E-state index contributed by atoms with van der Waals surface area (Å²) in [4.78, 5) is 2.34. The van der Waals surface area contributed by atoms with Gasteiger partial charge >= 0.3 is 0 Å². The van der Waals surface area contributed by atoms with Crippen molar-refractivity contribution in [3.05, 3.63) is 0 Å². The minimum atomic E-state index is 0.299. The summed E-state index contributed by atoms with van der Waals surface area (Å²) in [5.41, 5.74) is 0. The van der Waals surface area contributed by atoms with E-state index in [1.807, 2.05) is 0 Å². The van der Waals surface area contributed by atoms with Crippen LogP contribution in [-0.2, 0) is 0 Å². The minimum Gasteiger partial charge on any atom is -0.395 e. The smallest absolute Gasteiger partial charge is 0.0586 e. The van der Waals surface area contributed by atoms with Crippen LogP contribution in [0.5, 0.6) is 0 Å². The third kappa shape index (κ3) is 1.14. The van der Waals surface area contributed by atoms with Crippen molar-refractivity contribution >= 4 is 0 Å². The average molecular weight is 165 g/mol. The summed E-state index contributed by atoms with van der Waals surface area (Å²) in [6.45, 7) is 2.44. The Kier molecular flexibility index (Phi) is 2.08. The Balaban J connectivity index is 2.07. The predicted molar refractivity (Wildman–Crippen MR) is 47.5 cm³/mol. The second kappa shape index (κ2) is 3.08. The van der Waals surface area contributed by atoms with E-state index >= 15 is 0 Å². The number of rotatable bonds is 1. The first kappa shape index (κ1) is 8.10. The highest BCUT2D eigenvalue weighted by Gasteiger charge is 2.38. The van der Waals surface area contributed by atoms with Crippen molar-refractivity contribution in [3.63, 3.8) is 0 Å². The van der Waals surface area contributed by atoms with Crippen molar-refractivity contribution in [2.45, 2.75) is 18.9 Å². The molecule has 0 aromatic heterocycles. The van der Waals surface area contributed by atoms with Gasteiger partial charge in [-0.2, -0.15) is 0 Å². The molecule has 12 heavy (non-hydrogen) atoms. The molecule has 0 aromatic rings. The molecule has 3 rings (SSSR count). The summed E-state index contributed by atoms with van der Waals surface area (Å²) in [6.07, 6.45) is 7.77. The molecular weight excluding hydrogens is 150 g/mol. The summed E-state index contributed by atoms with van der Waals surface area (Å²) >= 11 is 0. The second-order valence-electron chi connectivity index (χ2n) is 3.89. The number of terminal acetylenes is 1. The number of hydrogen-bond donors (Lipinski definition) is 1. The number of piperidine rings is 3. The van der Waals surface area contributed by atoms with Gasteiger partial charge in [0.15, 0.2) is 0 Å². The lowest BCUT2D eigenvalue weighted by Crippen LogP contribution is -2.54. The molecule has 2 bridgehead atoms. The molecule has 0 aliphatic carbocycles. The summed E-state index contributed by atoms with van der Waals surface area (Å²) in [5, 5.41) is 9.08. The standard InChI is InChI=1S/C10H15NO/c1-2-8-6-11-4-3-9(8)5-10(11)7-12/h1,8-10,12H,3-7H2/t8-,9+,10+/m1/s1. The zero-order valence-corrected chi connectivity index (χ0v) is 7.24. The van der Waals surface area contributed by atoms with Crippen molar-refractivity contribution < 1.29 is 5.11 Å². The van der Waals surface area contributed by atoms with Crippen molar-refractivity contribution in [3.8, 4) is 12.3 Å². The molecule has 1 unspecified atom stereocenters. The van der Waals surface area contributed by atoms with Crippen molar-refractivity contribution in [2.24, 2.45) is 11.8 Å². The number of aliphatic hydroxyl groups excluding tert-OH is 1. The third-order valence-electron chi connectivity index (χ3n) is 3.30. The Morgan fingerprint density at radius 3 is 2.92 bits per heavy atom. The van der Waals surface area contributed by atoms with Crippen LogP contribution in [0.25, 0.3) is 0 Å². The van der Waals surface area contributed by atoms with Gasteiger partial charge in [-0.15, -0.1) is 12.3 Å². The van der Waals surface area contributed by atoms with Gasteiger partial charge in [-0.1, -0.05) is 0 Å². The molecule has 66 valence electrons. The van der Waals surface area contributed by atoms with E-state index in [9.17, 15) is 0 Å². The molecule has 0 radical (unpaired) electrons. The molecule has 0 spiro atoms. The molecular formula is C10H15NO. The monoisotopic (exact) mass is 165 g/mol. The molecule has 3 heterocycles. The minimum absolute atomic E-state index is 0.299. The summed E-state index contributed by atoms with van der Waals surface area (Å²) in [5.74, 6) is 3.98. The summed E-state index contributed by atoms with van der Waals surface area (Å²) < 4.78 is 0. The van der Waals surface area contributed by atoms with E-state index in [4.69, 9.17) is 11.5 Å². The fraction of sp³-hybridized carbons (Fsp3) is 0.800. The van der Waals surface area contributed by atoms with Crippen LogP contribution in [-0.4, -0.2) is 35.7 Å². The van der Waals surface area contributed by atoms with Crippen LogP contribution in [0.4, 0.5) is 0 Å². The van der Waals surface area contributed by atoms with E-state index in [1.54, 1.807) is 0 Å². The fourth-order valence-electron chi connectivity index (χ4n) is 2.52. The SMILES string of the molecule is C#C[C@@H]1CN2CC[C@H]1C[C@H]2CO. The molecule has 3 saturated heterocycles. The van der Waals surface area contributed by atoms with Crippen LogP contribution >= 0.6 is 0 Å². The van der Waals surface area contributed by atoms with Gasteiger partial charge in [0.05, 0.1) is 6.61 Å². The van der Waals surface area contributed by atoms with Crippen LogP contribution in [0.3, 0.4) is 0 Å². The molecule has 2 nitrogen and oxygen atoms in total. The maximum Gasteiger partial charge on any atom is 0.0586 e. The molecule has 2 heteroatoms. The molecule has 3 aliphatic rings. The first-order valence-electron chi connectivity index (χ1n) is 4.66. The van der Waals surface area contributed by atoms with E-state index in [2.05, 4.69) is 10.8 Å². The predicted octanol–water partition coefficient (Wildman–Crippen LogP) is 0.322. The lowest BCUT2D eigenvalue weighted by molar-refractivity contribution is -0.00366. The molecule has 3 fully saturated rings. The van der Waals surface area contributed by atoms with E-state index in [0.717, 1.165) is 19.5 Å². The largest absolute Gasteiger partial charge is 0.395 e. The van der Waals surface area contributed by atoms with Crippen LogP contribution in [0.15, 0.2) is 0 Å². The van der Waals surface area contributed by atoms with Crippen molar-refractivity contribution in [2.75, 3.05) is 19.7 Å². The van der Waals surface area contributed by atoms with Crippen molar-refractivity contribution in [1.29, 1.82) is 0 Å². The number of fused-ring (bicyclic) bond motifs is 3.